The Morgan fingerprint density at radius 1 is 1.39 bits per heavy atom. The number of hydrogen-bond donors (Lipinski definition) is 0. The van der Waals surface area contributed by atoms with E-state index >= 15 is 0 Å². The molecule has 0 radical (unpaired) electrons. The van der Waals surface area contributed by atoms with Gasteiger partial charge in [0.2, 0.25) is 0 Å². The van der Waals surface area contributed by atoms with Gasteiger partial charge >= 0.3 is 0 Å². The minimum absolute atomic E-state index is 0.413. The topological polar surface area (TPSA) is 30.7 Å². The van der Waals surface area contributed by atoms with Gasteiger partial charge in [0, 0.05) is 16.1 Å². The summed E-state index contributed by atoms with van der Waals surface area (Å²) in [6.45, 7) is 2.09. The van der Waals surface area contributed by atoms with Crippen LogP contribution in [0, 0.1) is 6.92 Å². The fourth-order valence-electron chi connectivity index (χ4n) is 2.16. The van der Waals surface area contributed by atoms with Crippen LogP contribution in [0.4, 0.5) is 0 Å². The first kappa shape index (κ1) is 12.2. The summed E-state index contributed by atoms with van der Waals surface area (Å²) in [6, 6.07) is 6.68. The molecule has 0 spiro atoms. The Balaban J connectivity index is 2.17. The highest BCUT2D eigenvalue weighted by Crippen LogP contribution is 2.40. The van der Waals surface area contributed by atoms with Crippen molar-refractivity contribution in [2.24, 2.45) is 0 Å². The summed E-state index contributed by atoms with van der Waals surface area (Å²) in [7, 11) is 0. The molecule has 18 heavy (non-hydrogen) atoms. The first-order valence-electron chi connectivity index (χ1n) is 5.97. The average Bonchev–Trinajstić information content (AvgIpc) is 3.12. The molecule has 1 aliphatic rings. The Kier molecular flexibility index (Phi) is 3.16. The van der Waals surface area contributed by atoms with Gasteiger partial charge in [-0.3, -0.25) is 0 Å². The second kappa shape index (κ2) is 4.67. The lowest BCUT2D eigenvalue weighted by Crippen LogP contribution is -2.02. The van der Waals surface area contributed by atoms with Gasteiger partial charge < -0.3 is 4.57 Å². The summed E-state index contributed by atoms with van der Waals surface area (Å²) >= 11 is 9.50. The van der Waals surface area contributed by atoms with Crippen LogP contribution in [0.3, 0.4) is 0 Å². The van der Waals surface area contributed by atoms with Gasteiger partial charge in [-0.2, -0.15) is 0 Å². The van der Waals surface area contributed by atoms with Crippen LogP contribution >= 0.6 is 27.5 Å². The molecule has 0 amide bonds. The van der Waals surface area contributed by atoms with Crippen molar-refractivity contribution in [3.8, 4) is 11.4 Å². The molecule has 0 unspecified atom stereocenters. The van der Waals surface area contributed by atoms with Crippen molar-refractivity contribution in [1.82, 2.24) is 14.8 Å². The predicted molar refractivity (Wildman–Crippen MR) is 75.7 cm³/mol. The zero-order chi connectivity index (χ0) is 12.7. The maximum Gasteiger partial charge on any atom is 0.164 e. The third-order valence-electron chi connectivity index (χ3n) is 3.31. The molecule has 0 N–H and O–H groups in total. The molecule has 0 aliphatic heterocycles. The molecule has 0 atom stereocenters. The molecule has 0 saturated heterocycles. The van der Waals surface area contributed by atoms with Crippen molar-refractivity contribution < 1.29 is 0 Å². The van der Waals surface area contributed by atoms with Gasteiger partial charge in [-0.1, -0.05) is 28.1 Å². The van der Waals surface area contributed by atoms with E-state index in [4.69, 9.17) is 11.6 Å². The van der Waals surface area contributed by atoms with E-state index in [9.17, 15) is 0 Å². The number of aromatic nitrogens is 3. The number of alkyl halides is 1. The number of benzene rings is 1. The minimum atomic E-state index is 0.413. The van der Waals surface area contributed by atoms with Gasteiger partial charge in [0.1, 0.15) is 5.82 Å². The molecular weight excluding hydrogens is 314 g/mol. The second-order valence-corrected chi connectivity index (χ2v) is 5.71. The fourth-order valence-corrected chi connectivity index (χ4v) is 2.71. The molecule has 1 fully saturated rings. The molecule has 94 valence electrons. The number of halogens is 2. The summed E-state index contributed by atoms with van der Waals surface area (Å²) in [5.41, 5.74) is 2.31. The Bertz CT molecular complexity index is 590. The summed E-state index contributed by atoms with van der Waals surface area (Å²) in [5.74, 6) is 2.22. The molecule has 0 bridgehead atoms. The first-order valence-corrected chi connectivity index (χ1v) is 7.30. The van der Waals surface area contributed by atoms with Crippen molar-refractivity contribution >= 4 is 27.5 Å². The number of hydrogen-bond acceptors (Lipinski definition) is 2. The minimum Gasteiger partial charge on any atom is -0.307 e. The molecule has 1 aromatic heterocycles. The Morgan fingerprint density at radius 2 is 2.17 bits per heavy atom. The van der Waals surface area contributed by atoms with Gasteiger partial charge in [0.15, 0.2) is 5.82 Å². The van der Waals surface area contributed by atoms with E-state index in [0.29, 0.717) is 11.9 Å². The molecule has 3 nitrogen and oxygen atoms in total. The van der Waals surface area contributed by atoms with Gasteiger partial charge in [-0.25, -0.2) is 0 Å². The van der Waals surface area contributed by atoms with Crippen molar-refractivity contribution in [3.63, 3.8) is 0 Å². The van der Waals surface area contributed by atoms with E-state index < -0.39 is 0 Å². The van der Waals surface area contributed by atoms with E-state index in [0.717, 1.165) is 21.7 Å². The monoisotopic (exact) mass is 325 g/mol. The second-order valence-electron chi connectivity index (χ2n) is 4.59. The lowest BCUT2D eigenvalue weighted by atomic mass is 10.1. The third kappa shape index (κ3) is 1.97. The SMILES string of the molecule is Cc1c(Br)cccc1-c1nnc(CCl)n1C1CC1. The maximum atomic E-state index is 5.94. The molecule has 3 rings (SSSR count). The molecule has 1 heterocycles. The molecule has 1 aromatic carbocycles. The molecular formula is C13H13BrClN3. The van der Waals surface area contributed by atoms with Crippen LogP contribution in [0.15, 0.2) is 22.7 Å². The lowest BCUT2D eigenvalue weighted by Gasteiger charge is -2.10. The van der Waals surface area contributed by atoms with E-state index in [-0.39, 0.29) is 0 Å². The van der Waals surface area contributed by atoms with Gasteiger partial charge in [-0.05, 0) is 31.4 Å². The summed E-state index contributed by atoms with van der Waals surface area (Å²) in [6.07, 6.45) is 2.39. The molecule has 1 aliphatic carbocycles. The van der Waals surface area contributed by atoms with Crippen LogP contribution in [-0.2, 0) is 5.88 Å². The third-order valence-corrected chi connectivity index (χ3v) is 4.40. The predicted octanol–water partition coefficient (Wildman–Crippen LogP) is 4.09. The normalized spacial score (nSPS) is 15.1. The summed E-state index contributed by atoms with van der Waals surface area (Å²) in [5, 5.41) is 8.54. The van der Waals surface area contributed by atoms with Crippen LogP contribution in [0.1, 0.15) is 30.3 Å². The zero-order valence-electron chi connectivity index (χ0n) is 10.0. The zero-order valence-corrected chi connectivity index (χ0v) is 12.4. The Morgan fingerprint density at radius 3 is 2.83 bits per heavy atom. The van der Waals surface area contributed by atoms with Crippen LogP contribution in [0.25, 0.3) is 11.4 Å². The van der Waals surface area contributed by atoms with E-state index in [2.05, 4.69) is 43.7 Å². The number of nitrogens with zero attached hydrogens (tertiary/aromatic N) is 3. The maximum absolute atomic E-state index is 5.94. The highest BCUT2D eigenvalue weighted by molar-refractivity contribution is 9.10. The first-order chi connectivity index (χ1) is 8.72. The standard InChI is InChI=1S/C13H13BrClN3/c1-8-10(3-2-4-11(8)14)13-17-16-12(7-15)18(13)9-5-6-9/h2-4,9H,5-7H2,1H3. The van der Waals surface area contributed by atoms with E-state index in [1.165, 1.54) is 18.4 Å². The van der Waals surface area contributed by atoms with Gasteiger partial charge in [0.05, 0.1) is 5.88 Å². The van der Waals surface area contributed by atoms with Crippen LogP contribution in [0.2, 0.25) is 0 Å². The highest BCUT2D eigenvalue weighted by Gasteiger charge is 2.30. The van der Waals surface area contributed by atoms with E-state index in [1.54, 1.807) is 0 Å². The van der Waals surface area contributed by atoms with Crippen LogP contribution < -0.4 is 0 Å². The fraction of sp³-hybridized carbons (Fsp3) is 0.385. The molecule has 1 saturated carbocycles. The van der Waals surface area contributed by atoms with Gasteiger partial charge in [0.25, 0.3) is 0 Å². The van der Waals surface area contributed by atoms with Gasteiger partial charge in [-0.15, -0.1) is 21.8 Å². The van der Waals surface area contributed by atoms with Crippen molar-refractivity contribution in [1.29, 1.82) is 0 Å². The van der Waals surface area contributed by atoms with Crippen molar-refractivity contribution in [3.05, 3.63) is 34.1 Å². The largest absolute Gasteiger partial charge is 0.307 e. The van der Waals surface area contributed by atoms with E-state index in [1.807, 2.05) is 12.1 Å². The van der Waals surface area contributed by atoms with Crippen LogP contribution in [0.5, 0.6) is 0 Å². The Hall–Kier alpha value is -0.870. The summed E-state index contributed by atoms with van der Waals surface area (Å²) in [4.78, 5) is 0. The summed E-state index contributed by atoms with van der Waals surface area (Å²) < 4.78 is 3.29. The average molecular weight is 327 g/mol. The number of rotatable bonds is 3. The molecule has 2 aromatic rings. The molecule has 5 heteroatoms. The van der Waals surface area contributed by atoms with Crippen molar-refractivity contribution in [2.45, 2.75) is 31.7 Å². The highest BCUT2D eigenvalue weighted by atomic mass is 79.9. The van der Waals surface area contributed by atoms with Crippen molar-refractivity contribution in [2.75, 3.05) is 0 Å². The quantitative estimate of drug-likeness (QED) is 0.795. The Labute approximate surface area is 119 Å². The lowest BCUT2D eigenvalue weighted by molar-refractivity contribution is 0.711. The van der Waals surface area contributed by atoms with Crippen LogP contribution in [-0.4, -0.2) is 14.8 Å². The smallest absolute Gasteiger partial charge is 0.164 e.